The van der Waals surface area contributed by atoms with Crippen molar-refractivity contribution in [3.8, 4) is 0 Å². The molecule has 4 heteroatoms. The SMILES string of the molecule is CN(Cc1ccc(Cl)s1)CC1(CS)CC1. The van der Waals surface area contributed by atoms with E-state index in [1.165, 1.54) is 17.7 Å². The molecule has 0 N–H and O–H groups in total. The average molecular weight is 262 g/mol. The minimum absolute atomic E-state index is 0.513. The van der Waals surface area contributed by atoms with E-state index in [0.29, 0.717) is 5.41 Å². The van der Waals surface area contributed by atoms with Crippen LogP contribution in [0.3, 0.4) is 0 Å². The van der Waals surface area contributed by atoms with E-state index in [2.05, 4.69) is 30.6 Å². The molecule has 2 rings (SSSR count). The van der Waals surface area contributed by atoms with Crippen LogP contribution in [0.2, 0.25) is 4.34 Å². The number of halogens is 1. The first-order valence-electron chi connectivity index (χ1n) is 5.17. The standard InChI is InChI=1S/C11H16ClNS2/c1-13(7-11(8-14)4-5-11)6-9-2-3-10(12)15-9/h2-3,14H,4-8H2,1H3. The van der Waals surface area contributed by atoms with Gasteiger partial charge in [-0.3, -0.25) is 0 Å². The second-order valence-electron chi connectivity index (χ2n) is 4.54. The fourth-order valence-corrected chi connectivity index (χ4v) is 3.46. The Bertz CT molecular complexity index is 333. The average Bonchev–Trinajstić information content (AvgIpc) is 2.84. The number of thiophene rings is 1. The largest absolute Gasteiger partial charge is 0.301 e. The number of hydrogen-bond donors (Lipinski definition) is 1. The predicted octanol–water partition coefficient (Wildman–Crippen LogP) is 3.54. The third kappa shape index (κ3) is 3.13. The molecule has 0 unspecified atom stereocenters. The molecular weight excluding hydrogens is 246 g/mol. The quantitative estimate of drug-likeness (QED) is 0.794. The van der Waals surface area contributed by atoms with Gasteiger partial charge in [-0.25, -0.2) is 0 Å². The maximum absolute atomic E-state index is 5.90. The molecule has 1 aromatic rings. The molecule has 1 aliphatic carbocycles. The number of hydrogen-bond acceptors (Lipinski definition) is 3. The monoisotopic (exact) mass is 261 g/mol. The van der Waals surface area contributed by atoms with Gasteiger partial charge in [-0.05, 0) is 43.2 Å². The molecule has 0 bridgehead atoms. The lowest BCUT2D eigenvalue weighted by Gasteiger charge is -2.21. The zero-order valence-corrected chi connectivity index (χ0v) is 11.3. The van der Waals surface area contributed by atoms with Gasteiger partial charge in [0.25, 0.3) is 0 Å². The molecule has 0 amide bonds. The summed E-state index contributed by atoms with van der Waals surface area (Å²) in [7, 11) is 2.18. The zero-order chi connectivity index (χ0) is 10.9. The Morgan fingerprint density at radius 1 is 1.53 bits per heavy atom. The van der Waals surface area contributed by atoms with Crippen molar-refractivity contribution >= 4 is 35.6 Å². The van der Waals surface area contributed by atoms with Crippen LogP contribution in [0.1, 0.15) is 17.7 Å². The minimum Gasteiger partial charge on any atom is -0.301 e. The fraction of sp³-hybridized carbons (Fsp3) is 0.636. The minimum atomic E-state index is 0.513. The van der Waals surface area contributed by atoms with Gasteiger partial charge in [0.05, 0.1) is 4.34 Å². The number of nitrogens with zero attached hydrogens (tertiary/aromatic N) is 1. The van der Waals surface area contributed by atoms with Crippen LogP contribution in [0.15, 0.2) is 12.1 Å². The van der Waals surface area contributed by atoms with Crippen molar-refractivity contribution in [2.75, 3.05) is 19.3 Å². The Labute approximate surface area is 106 Å². The molecule has 0 aliphatic heterocycles. The molecule has 15 heavy (non-hydrogen) atoms. The van der Waals surface area contributed by atoms with Crippen LogP contribution in [-0.4, -0.2) is 24.2 Å². The van der Waals surface area contributed by atoms with Crippen molar-refractivity contribution in [3.05, 3.63) is 21.3 Å². The molecule has 1 heterocycles. The van der Waals surface area contributed by atoms with Gasteiger partial charge < -0.3 is 4.90 Å². The van der Waals surface area contributed by atoms with Crippen LogP contribution in [0, 0.1) is 5.41 Å². The van der Waals surface area contributed by atoms with E-state index < -0.39 is 0 Å². The normalized spacial score (nSPS) is 18.4. The summed E-state index contributed by atoms with van der Waals surface area (Å²) >= 11 is 12.0. The topological polar surface area (TPSA) is 3.24 Å². The third-order valence-electron chi connectivity index (χ3n) is 2.95. The molecule has 0 spiro atoms. The third-order valence-corrected chi connectivity index (χ3v) is 4.84. The molecule has 1 aromatic heterocycles. The van der Waals surface area contributed by atoms with E-state index in [-0.39, 0.29) is 0 Å². The van der Waals surface area contributed by atoms with Gasteiger partial charge in [-0.2, -0.15) is 12.6 Å². The van der Waals surface area contributed by atoms with Crippen LogP contribution >= 0.6 is 35.6 Å². The highest BCUT2D eigenvalue weighted by atomic mass is 35.5. The molecule has 1 aliphatic rings. The Balaban J connectivity index is 1.84. The van der Waals surface area contributed by atoms with Crippen LogP contribution in [0.4, 0.5) is 0 Å². The van der Waals surface area contributed by atoms with Crippen LogP contribution < -0.4 is 0 Å². The summed E-state index contributed by atoms with van der Waals surface area (Å²) < 4.78 is 0.883. The second kappa shape index (κ2) is 4.66. The van der Waals surface area contributed by atoms with Gasteiger partial charge in [0.1, 0.15) is 0 Å². The molecule has 1 saturated carbocycles. The summed E-state index contributed by atoms with van der Waals surface area (Å²) in [6.07, 6.45) is 2.68. The van der Waals surface area contributed by atoms with Gasteiger partial charge in [0, 0.05) is 18.0 Å². The Morgan fingerprint density at radius 3 is 2.73 bits per heavy atom. The molecule has 0 saturated heterocycles. The Hall–Kier alpha value is 0.300. The van der Waals surface area contributed by atoms with Gasteiger partial charge in [0.15, 0.2) is 0 Å². The molecule has 1 fully saturated rings. The molecule has 0 aromatic carbocycles. The Kier molecular flexibility index (Phi) is 3.66. The zero-order valence-electron chi connectivity index (χ0n) is 8.87. The van der Waals surface area contributed by atoms with Gasteiger partial charge in [-0.15, -0.1) is 11.3 Å². The van der Waals surface area contributed by atoms with E-state index >= 15 is 0 Å². The molecular formula is C11H16ClNS2. The summed E-state index contributed by atoms with van der Waals surface area (Å²) in [6.45, 7) is 2.17. The molecule has 0 radical (unpaired) electrons. The summed E-state index contributed by atoms with van der Waals surface area (Å²) in [5, 5.41) is 0. The number of rotatable bonds is 5. The summed E-state index contributed by atoms with van der Waals surface area (Å²) in [5.74, 6) is 1.02. The van der Waals surface area contributed by atoms with E-state index in [4.69, 9.17) is 11.6 Å². The smallest absolute Gasteiger partial charge is 0.0931 e. The van der Waals surface area contributed by atoms with E-state index in [1.54, 1.807) is 11.3 Å². The van der Waals surface area contributed by atoms with Crippen molar-refractivity contribution in [2.24, 2.45) is 5.41 Å². The van der Waals surface area contributed by atoms with Crippen molar-refractivity contribution < 1.29 is 0 Å². The number of thiol groups is 1. The van der Waals surface area contributed by atoms with Crippen molar-refractivity contribution in [3.63, 3.8) is 0 Å². The van der Waals surface area contributed by atoms with E-state index in [0.717, 1.165) is 23.2 Å². The first kappa shape index (κ1) is 11.8. The highest BCUT2D eigenvalue weighted by molar-refractivity contribution is 7.80. The summed E-state index contributed by atoms with van der Waals surface area (Å²) in [5.41, 5.74) is 0.513. The fourth-order valence-electron chi connectivity index (χ4n) is 1.87. The van der Waals surface area contributed by atoms with Gasteiger partial charge in [0.2, 0.25) is 0 Å². The van der Waals surface area contributed by atoms with Crippen molar-refractivity contribution in [2.45, 2.75) is 19.4 Å². The molecule has 0 atom stereocenters. The lowest BCUT2D eigenvalue weighted by molar-refractivity contribution is 0.272. The highest BCUT2D eigenvalue weighted by Gasteiger charge is 2.41. The lowest BCUT2D eigenvalue weighted by atomic mass is 10.1. The predicted molar refractivity (Wildman–Crippen MR) is 71.2 cm³/mol. The van der Waals surface area contributed by atoms with Crippen LogP contribution in [0.25, 0.3) is 0 Å². The summed E-state index contributed by atoms with van der Waals surface area (Å²) in [4.78, 5) is 3.73. The maximum Gasteiger partial charge on any atom is 0.0931 e. The van der Waals surface area contributed by atoms with Gasteiger partial charge >= 0.3 is 0 Å². The second-order valence-corrected chi connectivity index (χ2v) is 6.65. The maximum atomic E-state index is 5.90. The van der Waals surface area contributed by atoms with E-state index in [9.17, 15) is 0 Å². The first-order valence-corrected chi connectivity index (χ1v) is 7.00. The van der Waals surface area contributed by atoms with Crippen LogP contribution in [-0.2, 0) is 6.54 Å². The van der Waals surface area contributed by atoms with Crippen LogP contribution in [0.5, 0.6) is 0 Å². The lowest BCUT2D eigenvalue weighted by Crippen LogP contribution is -2.27. The molecule has 84 valence electrons. The van der Waals surface area contributed by atoms with Crippen molar-refractivity contribution in [1.82, 2.24) is 4.90 Å². The Morgan fingerprint density at radius 2 is 2.27 bits per heavy atom. The highest BCUT2D eigenvalue weighted by Crippen LogP contribution is 2.47. The summed E-state index contributed by atoms with van der Waals surface area (Å²) in [6, 6.07) is 4.09. The van der Waals surface area contributed by atoms with Gasteiger partial charge in [-0.1, -0.05) is 11.6 Å². The van der Waals surface area contributed by atoms with Crippen molar-refractivity contribution in [1.29, 1.82) is 0 Å². The first-order chi connectivity index (χ1) is 7.13. The van der Waals surface area contributed by atoms with E-state index in [1.807, 2.05) is 6.07 Å². The molecule has 1 nitrogen and oxygen atoms in total.